The molecule has 0 aliphatic carbocycles. The maximum atomic E-state index is 12.7. The number of nitrogens with one attached hydrogen (secondary N) is 1. The Kier molecular flexibility index (Phi) is 9.86. The predicted octanol–water partition coefficient (Wildman–Crippen LogP) is 4.51. The van der Waals surface area contributed by atoms with Crippen LogP contribution in [-0.2, 0) is 14.3 Å². The Morgan fingerprint density at radius 2 is 1.79 bits per heavy atom. The predicted molar refractivity (Wildman–Crippen MR) is 128 cm³/mol. The van der Waals surface area contributed by atoms with Gasteiger partial charge in [-0.05, 0) is 62.9 Å². The topological polar surface area (TPSA) is 104 Å². The van der Waals surface area contributed by atoms with Crippen molar-refractivity contribution in [3.05, 3.63) is 52.8 Å². The summed E-state index contributed by atoms with van der Waals surface area (Å²) in [6.07, 6.45) is 0.951. The van der Waals surface area contributed by atoms with Gasteiger partial charge in [0.2, 0.25) is 0 Å². The molecular weight excluding hydrogens is 460 g/mol. The highest BCUT2D eigenvalue weighted by Crippen LogP contribution is 2.28. The van der Waals surface area contributed by atoms with E-state index in [1.165, 1.54) is 32.2 Å². The number of carbonyl (C=O) groups is 3. The van der Waals surface area contributed by atoms with E-state index in [0.29, 0.717) is 17.2 Å². The quantitative estimate of drug-likeness (QED) is 0.488. The number of aryl methyl sites for hydroxylation is 1. The van der Waals surface area contributed by atoms with Crippen molar-refractivity contribution in [3.63, 3.8) is 0 Å². The number of nitrogens with zero attached hydrogens (tertiary/aromatic N) is 1. The van der Waals surface area contributed by atoms with Crippen LogP contribution < -0.4 is 14.8 Å². The van der Waals surface area contributed by atoms with Crippen molar-refractivity contribution < 1.29 is 28.6 Å². The average Bonchev–Trinajstić information content (AvgIpc) is 2.74. The molecule has 0 saturated heterocycles. The third-order valence-electron chi connectivity index (χ3n) is 4.84. The largest absolute Gasteiger partial charge is 0.485 e. The summed E-state index contributed by atoms with van der Waals surface area (Å²) in [7, 11) is 0. The van der Waals surface area contributed by atoms with Crippen LogP contribution in [0.3, 0.4) is 0 Å². The molecule has 0 aliphatic heterocycles. The zero-order chi connectivity index (χ0) is 25.4. The molecule has 184 valence electrons. The molecule has 1 aromatic carbocycles. The Bertz CT molecular complexity index is 1030. The molecule has 0 saturated carbocycles. The van der Waals surface area contributed by atoms with E-state index in [1.54, 1.807) is 19.1 Å². The molecule has 0 fully saturated rings. The van der Waals surface area contributed by atoms with Crippen molar-refractivity contribution in [2.24, 2.45) is 5.92 Å². The van der Waals surface area contributed by atoms with Crippen molar-refractivity contribution in [2.45, 2.75) is 66.2 Å². The third kappa shape index (κ3) is 8.02. The first-order valence-corrected chi connectivity index (χ1v) is 11.4. The van der Waals surface area contributed by atoms with Gasteiger partial charge in [-0.15, -0.1) is 0 Å². The molecule has 0 unspecified atom stereocenters. The monoisotopic (exact) mass is 490 g/mol. The number of rotatable bonds is 10. The Labute approximate surface area is 204 Å². The number of halogens is 1. The normalized spacial score (nSPS) is 13.5. The van der Waals surface area contributed by atoms with Crippen LogP contribution in [0.15, 0.2) is 36.5 Å². The lowest BCUT2D eigenvalue weighted by Crippen LogP contribution is -2.43. The molecular formula is C25H31ClN2O6. The molecule has 0 aliphatic rings. The summed E-state index contributed by atoms with van der Waals surface area (Å²) >= 11 is 6.31. The van der Waals surface area contributed by atoms with Crippen LogP contribution in [-0.4, -0.2) is 41.1 Å². The van der Waals surface area contributed by atoms with Gasteiger partial charge in [0.25, 0.3) is 5.91 Å². The van der Waals surface area contributed by atoms with Gasteiger partial charge in [-0.1, -0.05) is 31.5 Å². The molecule has 2 aromatic rings. The van der Waals surface area contributed by atoms with E-state index in [0.717, 1.165) is 5.56 Å². The fraction of sp³-hybridized carbons (Fsp3) is 0.440. The SMILES string of the molecule is CC(=O)Oc1cccnc1C(=O)N[C@@H](C)C(=O)O[C@@H](C)[C@@H](CC(C)C)Oc1ccc(C)cc1Cl. The number of ether oxygens (including phenoxy) is 3. The summed E-state index contributed by atoms with van der Waals surface area (Å²) in [4.78, 5) is 40.6. The average molecular weight is 491 g/mol. The van der Waals surface area contributed by atoms with E-state index in [4.69, 9.17) is 25.8 Å². The minimum Gasteiger partial charge on any atom is -0.485 e. The molecule has 3 atom stereocenters. The van der Waals surface area contributed by atoms with Gasteiger partial charge in [0.1, 0.15) is 24.0 Å². The molecule has 9 heteroatoms. The van der Waals surface area contributed by atoms with Crippen molar-refractivity contribution in [2.75, 3.05) is 0 Å². The summed E-state index contributed by atoms with van der Waals surface area (Å²) in [5, 5.41) is 3.01. The van der Waals surface area contributed by atoms with Crippen LogP contribution in [0, 0.1) is 12.8 Å². The van der Waals surface area contributed by atoms with Crippen LogP contribution in [0.25, 0.3) is 0 Å². The van der Waals surface area contributed by atoms with E-state index >= 15 is 0 Å². The molecule has 0 bridgehead atoms. The van der Waals surface area contributed by atoms with Crippen molar-refractivity contribution in [3.8, 4) is 11.5 Å². The summed E-state index contributed by atoms with van der Waals surface area (Å²) in [5.74, 6) is -1.12. The Balaban J connectivity index is 2.06. The summed E-state index contributed by atoms with van der Waals surface area (Å²) in [5.41, 5.74) is 0.895. The van der Waals surface area contributed by atoms with Crippen molar-refractivity contribution >= 4 is 29.4 Å². The molecule has 8 nitrogen and oxygen atoms in total. The highest BCUT2D eigenvalue weighted by molar-refractivity contribution is 6.32. The molecule has 1 amide bonds. The lowest BCUT2D eigenvalue weighted by Gasteiger charge is -2.28. The van der Waals surface area contributed by atoms with Crippen molar-refractivity contribution in [1.29, 1.82) is 0 Å². The minimum absolute atomic E-state index is 0.00168. The lowest BCUT2D eigenvalue weighted by atomic mass is 10.0. The van der Waals surface area contributed by atoms with Gasteiger partial charge in [-0.25, -0.2) is 9.78 Å². The second kappa shape index (κ2) is 12.4. The van der Waals surface area contributed by atoms with Gasteiger partial charge in [0, 0.05) is 13.1 Å². The Hall–Kier alpha value is -3.13. The van der Waals surface area contributed by atoms with Crippen LogP contribution in [0.1, 0.15) is 57.1 Å². The second-order valence-electron chi connectivity index (χ2n) is 8.50. The summed E-state index contributed by atoms with van der Waals surface area (Å²) in [6, 6.07) is 7.48. The number of hydrogen-bond acceptors (Lipinski definition) is 7. The molecule has 1 aromatic heterocycles. The van der Waals surface area contributed by atoms with Crippen molar-refractivity contribution in [1.82, 2.24) is 10.3 Å². The fourth-order valence-corrected chi connectivity index (χ4v) is 3.43. The van der Waals surface area contributed by atoms with Crippen LogP contribution in [0.5, 0.6) is 11.5 Å². The third-order valence-corrected chi connectivity index (χ3v) is 5.13. The number of aromatic nitrogens is 1. The molecule has 2 rings (SSSR count). The minimum atomic E-state index is -0.982. The Morgan fingerprint density at radius 3 is 2.41 bits per heavy atom. The summed E-state index contributed by atoms with van der Waals surface area (Å²) < 4.78 is 16.7. The van der Waals surface area contributed by atoms with Gasteiger partial charge in [-0.2, -0.15) is 0 Å². The van der Waals surface area contributed by atoms with E-state index in [9.17, 15) is 14.4 Å². The maximum Gasteiger partial charge on any atom is 0.328 e. The van der Waals surface area contributed by atoms with Gasteiger partial charge >= 0.3 is 11.9 Å². The van der Waals surface area contributed by atoms with Gasteiger partial charge in [0.15, 0.2) is 11.4 Å². The number of pyridine rings is 1. The van der Waals surface area contributed by atoms with Gasteiger partial charge in [0.05, 0.1) is 5.02 Å². The number of carbonyl (C=O) groups excluding carboxylic acids is 3. The van der Waals surface area contributed by atoms with Crippen LogP contribution in [0.4, 0.5) is 0 Å². The van der Waals surface area contributed by atoms with Gasteiger partial charge in [-0.3, -0.25) is 9.59 Å². The van der Waals surface area contributed by atoms with Gasteiger partial charge < -0.3 is 19.5 Å². The first-order valence-electron chi connectivity index (χ1n) is 11.1. The smallest absolute Gasteiger partial charge is 0.328 e. The number of benzene rings is 1. The summed E-state index contributed by atoms with van der Waals surface area (Å²) in [6.45, 7) is 10.5. The molecule has 34 heavy (non-hydrogen) atoms. The van der Waals surface area contributed by atoms with E-state index in [2.05, 4.69) is 10.3 Å². The first kappa shape index (κ1) is 27.1. The maximum absolute atomic E-state index is 12.7. The fourth-order valence-electron chi connectivity index (χ4n) is 3.15. The number of esters is 2. The first-order chi connectivity index (χ1) is 16.0. The zero-order valence-electron chi connectivity index (χ0n) is 20.3. The van der Waals surface area contributed by atoms with E-state index in [-0.39, 0.29) is 17.4 Å². The Morgan fingerprint density at radius 1 is 1.09 bits per heavy atom. The van der Waals surface area contributed by atoms with Crippen LogP contribution in [0.2, 0.25) is 5.02 Å². The molecule has 1 N–H and O–H groups in total. The highest BCUT2D eigenvalue weighted by Gasteiger charge is 2.28. The van der Waals surface area contributed by atoms with E-state index in [1.807, 2.05) is 26.8 Å². The molecule has 1 heterocycles. The molecule has 0 spiro atoms. The molecule has 0 radical (unpaired) electrons. The van der Waals surface area contributed by atoms with E-state index < -0.39 is 36.1 Å². The lowest BCUT2D eigenvalue weighted by molar-refractivity contribution is -0.155. The number of amides is 1. The standard InChI is InChI=1S/C25H31ClN2O6/c1-14(2)12-22(34-20-10-9-15(3)13-19(20)26)17(5)32-25(31)16(4)28-24(30)23-21(33-18(6)29)8-7-11-27-23/h7-11,13-14,16-17,22H,12H2,1-6H3,(H,28,30)/t16-,17-,22+/m0/s1. The highest BCUT2D eigenvalue weighted by atomic mass is 35.5. The second-order valence-corrected chi connectivity index (χ2v) is 8.91. The number of hydrogen-bond donors (Lipinski definition) is 1. The van der Waals surface area contributed by atoms with Crippen LogP contribution >= 0.6 is 11.6 Å². The zero-order valence-corrected chi connectivity index (χ0v) is 21.0.